The highest BCUT2D eigenvalue weighted by atomic mass is 35.5. The Morgan fingerprint density at radius 3 is 2.37 bits per heavy atom. The van der Waals surface area contributed by atoms with Crippen molar-refractivity contribution in [2.24, 2.45) is 11.8 Å². The molecule has 0 aliphatic carbocycles. The molecule has 0 saturated carbocycles. The van der Waals surface area contributed by atoms with Gasteiger partial charge >= 0.3 is 0 Å². The third kappa shape index (κ3) is 5.13. The lowest BCUT2D eigenvalue weighted by atomic mass is 9.93. The maximum atomic E-state index is 3.78. The monoisotopic (exact) mass is 282 g/mol. The van der Waals surface area contributed by atoms with Crippen LogP contribution in [0.15, 0.2) is 30.3 Å². The Bertz CT molecular complexity index is 334. The van der Waals surface area contributed by atoms with Crippen molar-refractivity contribution in [3.8, 4) is 0 Å². The van der Waals surface area contributed by atoms with Crippen molar-refractivity contribution in [1.29, 1.82) is 0 Å². The average Bonchev–Trinajstić information content (AvgIpc) is 2.41. The van der Waals surface area contributed by atoms with Crippen molar-refractivity contribution in [2.45, 2.75) is 32.7 Å². The molecule has 1 heterocycles. The molecule has 2 nitrogen and oxygen atoms in total. The highest BCUT2D eigenvalue weighted by molar-refractivity contribution is 5.85. The van der Waals surface area contributed by atoms with E-state index in [2.05, 4.69) is 54.8 Å². The number of rotatable bonds is 5. The van der Waals surface area contributed by atoms with E-state index in [0.717, 1.165) is 12.5 Å². The normalized spacial score (nSPS) is 18.1. The summed E-state index contributed by atoms with van der Waals surface area (Å²) in [4.78, 5) is 0. The van der Waals surface area contributed by atoms with E-state index in [9.17, 15) is 0 Å². The highest BCUT2D eigenvalue weighted by Gasteiger charge is 2.18. The maximum Gasteiger partial charge on any atom is 0.0343 e. The first kappa shape index (κ1) is 16.5. The van der Waals surface area contributed by atoms with Crippen LogP contribution >= 0.6 is 12.4 Å². The zero-order chi connectivity index (χ0) is 12.8. The summed E-state index contributed by atoms with van der Waals surface area (Å²) in [6, 6.07) is 11.3. The number of benzene rings is 1. The van der Waals surface area contributed by atoms with Crippen molar-refractivity contribution in [1.82, 2.24) is 10.6 Å². The Kier molecular flexibility index (Phi) is 7.44. The number of hydrogen-bond donors (Lipinski definition) is 2. The molecule has 0 bridgehead atoms. The van der Waals surface area contributed by atoms with Crippen molar-refractivity contribution >= 4 is 12.4 Å². The van der Waals surface area contributed by atoms with Gasteiger partial charge in [0.05, 0.1) is 0 Å². The fourth-order valence-corrected chi connectivity index (χ4v) is 2.78. The summed E-state index contributed by atoms with van der Waals surface area (Å²) < 4.78 is 0. The molecule has 0 aromatic heterocycles. The first-order valence-corrected chi connectivity index (χ1v) is 7.26. The minimum absolute atomic E-state index is 0. The Balaban J connectivity index is 0.00000180. The minimum Gasteiger partial charge on any atom is -0.317 e. The Morgan fingerprint density at radius 2 is 1.79 bits per heavy atom. The first-order chi connectivity index (χ1) is 8.77. The SMILES string of the molecule is CC(C)C(NCC1CCNCC1)c1ccccc1.Cl. The van der Waals surface area contributed by atoms with E-state index in [1.807, 2.05) is 0 Å². The van der Waals surface area contributed by atoms with Crippen molar-refractivity contribution in [2.75, 3.05) is 19.6 Å². The van der Waals surface area contributed by atoms with Crippen LogP contribution in [0.5, 0.6) is 0 Å². The lowest BCUT2D eigenvalue weighted by molar-refractivity contribution is 0.317. The van der Waals surface area contributed by atoms with E-state index in [0.29, 0.717) is 12.0 Å². The summed E-state index contributed by atoms with van der Waals surface area (Å²) in [5.74, 6) is 1.48. The maximum absolute atomic E-state index is 3.78. The zero-order valence-electron chi connectivity index (χ0n) is 12.1. The summed E-state index contributed by atoms with van der Waals surface area (Å²) in [6.07, 6.45) is 2.62. The van der Waals surface area contributed by atoms with Gasteiger partial charge in [0.1, 0.15) is 0 Å². The molecule has 1 atom stereocenters. The third-order valence-corrected chi connectivity index (χ3v) is 3.91. The van der Waals surface area contributed by atoms with Gasteiger partial charge in [0, 0.05) is 6.04 Å². The molecule has 0 amide bonds. The predicted molar refractivity (Wildman–Crippen MR) is 84.9 cm³/mol. The number of nitrogens with one attached hydrogen (secondary N) is 2. The van der Waals surface area contributed by atoms with E-state index >= 15 is 0 Å². The molecule has 1 unspecified atom stereocenters. The second kappa shape index (κ2) is 8.57. The van der Waals surface area contributed by atoms with Crippen LogP contribution in [-0.2, 0) is 0 Å². The molecule has 0 radical (unpaired) electrons. The van der Waals surface area contributed by atoms with Gasteiger partial charge in [-0.15, -0.1) is 12.4 Å². The van der Waals surface area contributed by atoms with E-state index < -0.39 is 0 Å². The topological polar surface area (TPSA) is 24.1 Å². The van der Waals surface area contributed by atoms with Crippen molar-refractivity contribution in [3.05, 3.63) is 35.9 Å². The largest absolute Gasteiger partial charge is 0.317 e. The molecule has 19 heavy (non-hydrogen) atoms. The second-order valence-electron chi connectivity index (χ2n) is 5.73. The van der Waals surface area contributed by atoms with E-state index in [-0.39, 0.29) is 12.4 Å². The summed E-state index contributed by atoms with van der Waals surface area (Å²) >= 11 is 0. The Morgan fingerprint density at radius 1 is 1.16 bits per heavy atom. The van der Waals surface area contributed by atoms with Gasteiger partial charge in [0.15, 0.2) is 0 Å². The van der Waals surface area contributed by atoms with Crippen molar-refractivity contribution < 1.29 is 0 Å². The van der Waals surface area contributed by atoms with Gasteiger partial charge in [-0.05, 0) is 49.9 Å². The molecule has 1 saturated heterocycles. The highest BCUT2D eigenvalue weighted by Crippen LogP contribution is 2.22. The lowest BCUT2D eigenvalue weighted by Gasteiger charge is -2.28. The summed E-state index contributed by atoms with van der Waals surface area (Å²) in [7, 11) is 0. The molecule has 108 valence electrons. The number of piperidine rings is 1. The van der Waals surface area contributed by atoms with E-state index in [4.69, 9.17) is 0 Å². The first-order valence-electron chi connectivity index (χ1n) is 7.26. The van der Waals surface area contributed by atoms with Crippen LogP contribution in [0.3, 0.4) is 0 Å². The van der Waals surface area contributed by atoms with Crippen LogP contribution < -0.4 is 10.6 Å². The van der Waals surface area contributed by atoms with Gasteiger partial charge in [0.25, 0.3) is 0 Å². The molecular formula is C16H27ClN2. The van der Waals surface area contributed by atoms with Crippen LogP contribution in [0.4, 0.5) is 0 Å². The molecule has 1 aliphatic rings. The number of halogens is 1. The van der Waals surface area contributed by atoms with Crippen LogP contribution in [0.2, 0.25) is 0 Å². The molecule has 3 heteroatoms. The number of hydrogen-bond acceptors (Lipinski definition) is 2. The molecule has 1 aliphatic heterocycles. The van der Waals surface area contributed by atoms with Crippen molar-refractivity contribution in [3.63, 3.8) is 0 Å². The quantitative estimate of drug-likeness (QED) is 0.865. The van der Waals surface area contributed by atoms with Gasteiger partial charge in [0.2, 0.25) is 0 Å². The lowest BCUT2D eigenvalue weighted by Crippen LogP contribution is -2.36. The standard InChI is InChI=1S/C16H26N2.ClH/c1-13(2)16(15-6-4-3-5-7-15)18-12-14-8-10-17-11-9-14;/h3-7,13-14,16-18H,8-12H2,1-2H3;1H. The van der Waals surface area contributed by atoms with Gasteiger partial charge in [-0.3, -0.25) is 0 Å². The van der Waals surface area contributed by atoms with Crippen LogP contribution in [0, 0.1) is 11.8 Å². The molecule has 2 N–H and O–H groups in total. The summed E-state index contributed by atoms with van der Waals surface area (Å²) in [6.45, 7) is 8.12. The minimum atomic E-state index is 0. The van der Waals surface area contributed by atoms with Gasteiger partial charge < -0.3 is 10.6 Å². The van der Waals surface area contributed by atoms with Gasteiger partial charge in [-0.2, -0.15) is 0 Å². The predicted octanol–water partition coefficient (Wildman–Crippen LogP) is 3.39. The van der Waals surface area contributed by atoms with Gasteiger partial charge in [-0.1, -0.05) is 44.2 Å². The Labute approximate surface area is 123 Å². The zero-order valence-corrected chi connectivity index (χ0v) is 12.9. The van der Waals surface area contributed by atoms with E-state index in [1.54, 1.807) is 0 Å². The van der Waals surface area contributed by atoms with Gasteiger partial charge in [-0.25, -0.2) is 0 Å². The fraction of sp³-hybridized carbons (Fsp3) is 0.625. The average molecular weight is 283 g/mol. The summed E-state index contributed by atoms with van der Waals surface area (Å²) in [5.41, 5.74) is 1.42. The fourth-order valence-electron chi connectivity index (χ4n) is 2.78. The molecule has 1 aromatic rings. The smallest absolute Gasteiger partial charge is 0.0343 e. The third-order valence-electron chi connectivity index (χ3n) is 3.91. The van der Waals surface area contributed by atoms with Crippen LogP contribution in [0.25, 0.3) is 0 Å². The molecule has 1 aromatic carbocycles. The molecule has 2 rings (SSSR count). The summed E-state index contributed by atoms with van der Waals surface area (Å²) in [5, 5.41) is 7.21. The molecular weight excluding hydrogens is 256 g/mol. The van der Waals surface area contributed by atoms with Crippen LogP contribution in [-0.4, -0.2) is 19.6 Å². The molecule has 1 fully saturated rings. The molecule has 0 spiro atoms. The second-order valence-corrected chi connectivity index (χ2v) is 5.73. The van der Waals surface area contributed by atoms with E-state index in [1.165, 1.54) is 31.5 Å². The Hall–Kier alpha value is -0.570. The van der Waals surface area contributed by atoms with Crippen LogP contribution in [0.1, 0.15) is 38.3 Å².